The second-order valence-corrected chi connectivity index (χ2v) is 8.76. The van der Waals surface area contributed by atoms with Crippen LogP contribution in [0.25, 0.3) is 0 Å². The van der Waals surface area contributed by atoms with E-state index in [1.165, 1.54) is 18.1 Å². The van der Waals surface area contributed by atoms with Gasteiger partial charge in [-0.05, 0) is 12.5 Å². The van der Waals surface area contributed by atoms with Gasteiger partial charge in [0.25, 0.3) is 0 Å². The lowest BCUT2D eigenvalue weighted by atomic mass is 10.5. The predicted molar refractivity (Wildman–Crippen MR) is 57.7 cm³/mol. The summed E-state index contributed by atoms with van der Waals surface area (Å²) in [5, 5.41) is 1.59. The Kier molecular flexibility index (Phi) is 3.33. The lowest BCUT2D eigenvalue weighted by Crippen LogP contribution is -2.33. The zero-order valence-corrected chi connectivity index (χ0v) is 9.48. The quantitative estimate of drug-likeness (QED) is 0.577. The number of rotatable bonds is 4. The van der Waals surface area contributed by atoms with Crippen molar-refractivity contribution in [3.8, 4) is 0 Å². The van der Waals surface area contributed by atoms with Crippen LogP contribution in [0, 0.1) is 6.08 Å². The molecule has 0 spiro atoms. The summed E-state index contributed by atoms with van der Waals surface area (Å²) in [4.78, 5) is 0. The van der Waals surface area contributed by atoms with Crippen LogP contribution in [-0.4, -0.2) is 8.07 Å². The first-order chi connectivity index (χ1) is 5.79. The van der Waals surface area contributed by atoms with Gasteiger partial charge in [0, 0.05) is 0 Å². The summed E-state index contributed by atoms with van der Waals surface area (Å²) in [7, 11) is -1.07. The third-order valence-corrected chi connectivity index (χ3v) is 8.84. The van der Waals surface area contributed by atoms with Gasteiger partial charge in [-0.15, -0.1) is 0 Å². The molecule has 0 fully saturated rings. The van der Waals surface area contributed by atoms with Crippen LogP contribution in [0.3, 0.4) is 0 Å². The summed E-state index contributed by atoms with van der Waals surface area (Å²) in [6.45, 7) is 7.04. The summed E-state index contributed by atoms with van der Waals surface area (Å²) in [6, 6.07) is 4.14. The summed E-state index contributed by atoms with van der Waals surface area (Å²) in [5.41, 5.74) is 0. The molecule has 1 rings (SSSR count). The van der Waals surface area contributed by atoms with Gasteiger partial charge in [-0.1, -0.05) is 56.3 Å². The van der Waals surface area contributed by atoms with Crippen LogP contribution in [0.15, 0.2) is 17.3 Å². The molecule has 1 heteroatoms. The van der Waals surface area contributed by atoms with Crippen molar-refractivity contribution in [1.29, 1.82) is 0 Å². The Labute approximate surface area is 77.4 Å². The van der Waals surface area contributed by atoms with Crippen molar-refractivity contribution in [2.75, 3.05) is 0 Å². The first kappa shape index (κ1) is 9.78. The fourth-order valence-corrected chi connectivity index (χ4v) is 5.68. The van der Waals surface area contributed by atoms with Gasteiger partial charge < -0.3 is 0 Å². The molecule has 67 valence electrons. The van der Waals surface area contributed by atoms with E-state index in [-0.39, 0.29) is 0 Å². The van der Waals surface area contributed by atoms with Gasteiger partial charge in [0.1, 0.15) is 0 Å². The molecule has 0 heterocycles. The van der Waals surface area contributed by atoms with Gasteiger partial charge in [-0.25, -0.2) is 0 Å². The first-order valence-corrected chi connectivity index (χ1v) is 7.69. The van der Waals surface area contributed by atoms with E-state index in [1.807, 2.05) is 0 Å². The molecule has 0 unspecified atom stereocenters. The zero-order chi connectivity index (χ0) is 9.03. The van der Waals surface area contributed by atoms with Crippen LogP contribution in [0.5, 0.6) is 0 Å². The molecular weight excluding hydrogens is 160 g/mol. The first-order valence-electron chi connectivity index (χ1n) is 5.07. The molecule has 0 saturated carbocycles. The van der Waals surface area contributed by atoms with Crippen LogP contribution in [0.1, 0.15) is 27.2 Å². The van der Waals surface area contributed by atoms with E-state index in [2.05, 4.69) is 39.0 Å². The molecule has 1 aliphatic rings. The topological polar surface area (TPSA) is 0 Å². The molecule has 0 aromatic carbocycles. The predicted octanol–water partition coefficient (Wildman–Crippen LogP) is 3.72. The fourth-order valence-electron chi connectivity index (χ4n) is 2.09. The van der Waals surface area contributed by atoms with E-state index < -0.39 is 8.07 Å². The number of hydrogen-bond donors (Lipinski definition) is 0. The summed E-state index contributed by atoms with van der Waals surface area (Å²) in [5.74, 6) is 0. The van der Waals surface area contributed by atoms with Gasteiger partial charge >= 0.3 is 0 Å². The van der Waals surface area contributed by atoms with Crippen molar-refractivity contribution in [1.82, 2.24) is 0 Å². The average molecular weight is 179 g/mol. The maximum atomic E-state index is 3.52. The van der Waals surface area contributed by atoms with Crippen molar-refractivity contribution in [2.45, 2.75) is 45.3 Å². The molecular formula is C11H19Si. The van der Waals surface area contributed by atoms with E-state index in [4.69, 9.17) is 0 Å². The minimum absolute atomic E-state index is 1.06. The molecule has 0 aromatic heterocycles. The van der Waals surface area contributed by atoms with Gasteiger partial charge in [0.05, 0.1) is 8.07 Å². The normalized spacial score (nSPS) is 16.8. The van der Waals surface area contributed by atoms with Gasteiger partial charge in [-0.2, -0.15) is 0 Å². The molecule has 0 aliphatic heterocycles. The lowest BCUT2D eigenvalue weighted by molar-refractivity contribution is 1.18. The van der Waals surface area contributed by atoms with E-state index >= 15 is 0 Å². The van der Waals surface area contributed by atoms with E-state index in [0.29, 0.717) is 0 Å². The summed E-state index contributed by atoms with van der Waals surface area (Å²) >= 11 is 0. The minimum atomic E-state index is -1.07. The highest BCUT2D eigenvalue weighted by atomic mass is 28.3. The van der Waals surface area contributed by atoms with Crippen LogP contribution in [0.4, 0.5) is 0 Å². The highest BCUT2D eigenvalue weighted by Gasteiger charge is 2.30. The SMILES string of the molecule is CC[Si](CC)(CC)C1=[C]CC=C1. The third-order valence-electron chi connectivity index (χ3n) is 3.30. The van der Waals surface area contributed by atoms with E-state index in [1.54, 1.807) is 5.20 Å². The van der Waals surface area contributed by atoms with Crippen molar-refractivity contribution >= 4 is 8.07 Å². The summed E-state index contributed by atoms with van der Waals surface area (Å²) in [6.07, 6.45) is 9.15. The highest BCUT2D eigenvalue weighted by molar-refractivity contribution is 6.86. The fraction of sp³-hybridized carbons (Fsp3) is 0.636. The molecule has 0 bridgehead atoms. The maximum absolute atomic E-state index is 3.52. The lowest BCUT2D eigenvalue weighted by Gasteiger charge is -2.28. The van der Waals surface area contributed by atoms with Gasteiger partial charge in [0.2, 0.25) is 0 Å². The second-order valence-electron chi connectivity index (χ2n) is 3.54. The van der Waals surface area contributed by atoms with Crippen molar-refractivity contribution in [2.24, 2.45) is 0 Å². The minimum Gasteiger partial charge on any atom is -0.0802 e. The monoisotopic (exact) mass is 179 g/mol. The number of allylic oxidation sites excluding steroid dienone is 4. The molecule has 0 amide bonds. The third kappa shape index (κ3) is 1.56. The smallest absolute Gasteiger partial charge is 0.0802 e. The van der Waals surface area contributed by atoms with Crippen molar-refractivity contribution in [3.05, 3.63) is 23.4 Å². The standard InChI is InChI=1S/C11H19Si/c1-4-12(5-2,6-3)11-9-7-8-10-11/h7,9H,4-6,8H2,1-3H3. The molecule has 0 nitrogen and oxygen atoms in total. The Hall–Kier alpha value is -0.303. The van der Waals surface area contributed by atoms with Crippen molar-refractivity contribution in [3.63, 3.8) is 0 Å². The molecule has 0 atom stereocenters. The largest absolute Gasteiger partial charge is 0.0862 e. The molecule has 1 radical (unpaired) electrons. The van der Waals surface area contributed by atoms with Crippen LogP contribution >= 0.6 is 0 Å². The second kappa shape index (κ2) is 4.08. The van der Waals surface area contributed by atoms with Crippen LogP contribution in [0.2, 0.25) is 18.1 Å². The molecule has 0 N–H and O–H groups in total. The molecule has 0 aromatic rings. The Morgan fingerprint density at radius 1 is 1.25 bits per heavy atom. The Morgan fingerprint density at radius 3 is 2.17 bits per heavy atom. The van der Waals surface area contributed by atoms with Gasteiger partial charge in [-0.3, -0.25) is 0 Å². The van der Waals surface area contributed by atoms with Crippen LogP contribution in [-0.2, 0) is 0 Å². The highest BCUT2D eigenvalue weighted by Crippen LogP contribution is 2.31. The zero-order valence-electron chi connectivity index (χ0n) is 8.48. The van der Waals surface area contributed by atoms with E-state index in [9.17, 15) is 0 Å². The van der Waals surface area contributed by atoms with Crippen LogP contribution < -0.4 is 0 Å². The Balaban J connectivity index is 2.83. The maximum Gasteiger partial charge on any atom is 0.0862 e. The molecule has 0 saturated heterocycles. The van der Waals surface area contributed by atoms with E-state index in [0.717, 1.165) is 6.42 Å². The summed E-state index contributed by atoms with van der Waals surface area (Å²) < 4.78 is 0. The molecule has 1 aliphatic carbocycles. The average Bonchev–Trinajstić information content (AvgIpc) is 2.62. The van der Waals surface area contributed by atoms with Gasteiger partial charge in [0.15, 0.2) is 0 Å². The Morgan fingerprint density at radius 2 is 1.83 bits per heavy atom. The Bertz CT molecular complexity index is 189. The molecule has 12 heavy (non-hydrogen) atoms. The van der Waals surface area contributed by atoms with Crippen molar-refractivity contribution < 1.29 is 0 Å². The number of hydrogen-bond acceptors (Lipinski definition) is 0.